The number of carbonyl (C=O) groups is 1. The first kappa shape index (κ1) is 10.6. The van der Waals surface area contributed by atoms with Crippen molar-refractivity contribution in [3.05, 3.63) is 0 Å². The highest BCUT2D eigenvalue weighted by Gasteiger charge is 2.23. The lowest BCUT2D eigenvalue weighted by Gasteiger charge is -2.29. The van der Waals surface area contributed by atoms with Gasteiger partial charge in [0.15, 0.2) is 6.29 Å². The van der Waals surface area contributed by atoms with Crippen molar-refractivity contribution >= 4 is 5.78 Å². The molecule has 0 saturated carbocycles. The number of hydrogen-bond acceptors (Lipinski definition) is 4. The van der Waals surface area contributed by atoms with E-state index in [2.05, 4.69) is 4.74 Å². The lowest BCUT2D eigenvalue weighted by Crippen LogP contribution is -2.43. The Hall–Kier alpha value is -0.450. The Morgan fingerprint density at radius 3 is 2.18 bits per heavy atom. The van der Waals surface area contributed by atoms with Crippen LogP contribution in [0.2, 0.25) is 0 Å². The molecule has 0 aromatic carbocycles. The van der Waals surface area contributed by atoms with Crippen LogP contribution in [0.25, 0.3) is 0 Å². The smallest absolute Gasteiger partial charge is 0.162 e. The molecule has 0 saturated heterocycles. The van der Waals surface area contributed by atoms with E-state index >= 15 is 0 Å². The first-order valence-corrected chi connectivity index (χ1v) is 3.37. The third kappa shape index (κ3) is 2.96. The summed E-state index contributed by atoms with van der Waals surface area (Å²) in [5, 5.41) is 19.8. The van der Waals surface area contributed by atoms with Gasteiger partial charge in [-0.1, -0.05) is 6.92 Å². The van der Waals surface area contributed by atoms with E-state index in [1.807, 2.05) is 0 Å². The van der Waals surface area contributed by atoms with Gasteiger partial charge in [0.2, 0.25) is 0 Å². The number of Topliss-reactive ketones (excluding diaryl/α,β-unsaturated/α-hetero) is 1. The van der Waals surface area contributed by atoms with Crippen LogP contribution in [0.4, 0.5) is 0 Å². The molecular weight excluding hydrogens is 148 g/mol. The molecule has 0 aromatic rings. The second kappa shape index (κ2) is 4.43. The van der Waals surface area contributed by atoms with Gasteiger partial charge in [-0.15, -0.1) is 6.10 Å². The van der Waals surface area contributed by atoms with Crippen LogP contribution >= 0.6 is 0 Å². The van der Waals surface area contributed by atoms with Gasteiger partial charge in [0.1, 0.15) is 5.78 Å². The van der Waals surface area contributed by atoms with E-state index in [-0.39, 0.29) is 5.78 Å². The molecule has 0 aliphatic carbocycles. The fourth-order valence-electron chi connectivity index (χ4n) is 0.910. The Balaban J connectivity index is 4.21. The summed E-state index contributed by atoms with van der Waals surface area (Å²) in [6.45, 7) is 2.59. The number of aliphatic hydroxyl groups is 1. The van der Waals surface area contributed by atoms with Crippen molar-refractivity contribution in [2.24, 2.45) is 5.92 Å². The number of ether oxygens (including phenoxy) is 1. The Morgan fingerprint density at radius 1 is 1.64 bits per heavy atom. The van der Waals surface area contributed by atoms with Gasteiger partial charge in [-0.25, -0.2) is 0 Å². The maximum absolute atomic E-state index is 10.8. The molecule has 0 aliphatic rings. The number of rotatable bonds is 4. The van der Waals surface area contributed by atoms with Crippen LogP contribution in [-0.2, 0) is 9.53 Å². The SMILES string of the molecule is COC(O)C(C(C)=O)C(C)[O-]. The highest BCUT2D eigenvalue weighted by molar-refractivity contribution is 5.79. The molecule has 0 spiro atoms. The monoisotopic (exact) mass is 161 g/mol. The summed E-state index contributed by atoms with van der Waals surface area (Å²) in [6, 6.07) is 0. The van der Waals surface area contributed by atoms with E-state index in [1.165, 1.54) is 21.0 Å². The summed E-state index contributed by atoms with van der Waals surface area (Å²) in [4.78, 5) is 10.7. The van der Waals surface area contributed by atoms with Crippen LogP contribution in [0.15, 0.2) is 0 Å². The van der Waals surface area contributed by atoms with Gasteiger partial charge in [-0.2, -0.15) is 0 Å². The quantitative estimate of drug-likeness (QED) is 0.532. The molecular formula is C7H13O4-. The lowest BCUT2D eigenvalue weighted by molar-refractivity contribution is -0.432. The van der Waals surface area contributed by atoms with E-state index in [0.29, 0.717) is 0 Å². The Morgan fingerprint density at radius 2 is 2.09 bits per heavy atom. The van der Waals surface area contributed by atoms with Gasteiger partial charge in [0.25, 0.3) is 0 Å². The molecule has 1 N–H and O–H groups in total. The second-order valence-electron chi connectivity index (χ2n) is 2.47. The summed E-state index contributed by atoms with van der Waals surface area (Å²) in [7, 11) is 1.25. The first-order chi connectivity index (χ1) is 5.00. The molecule has 4 heteroatoms. The van der Waals surface area contributed by atoms with Crippen LogP contribution in [0.3, 0.4) is 0 Å². The van der Waals surface area contributed by atoms with Crippen molar-refractivity contribution in [2.45, 2.75) is 26.2 Å². The van der Waals surface area contributed by atoms with Gasteiger partial charge in [-0.3, -0.25) is 4.79 Å². The summed E-state index contributed by atoms with van der Waals surface area (Å²) in [5.41, 5.74) is 0. The van der Waals surface area contributed by atoms with Crippen LogP contribution in [-0.4, -0.2) is 30.4 Å². The van der Waals surface area contributed by atoms with Gasteiger partial charge in [0.05, 0.1) is 5.92 Å². The summed E-state index contributed by atoms with van der Waals surface area (Å²) in [5.74, 6) is -1.30. The molecule has 0 fully saturated rings. The third-order valence-electron chi connectivity index (χ3n) is 1.52. The van der Waals surface area contributed by atoms with Gasteiger partial charge in [-0.05, 0) is 6.92 Å². The summed E-state index contributed by atoms with van der Waals surface area (Å²) >= 11 is 0. The maximum atomic E-state index is 10.8. The minimum absolute atomic E-state index is 0.346. The summed E-state index contributed by atoms with van der Waals surface area (Å²) in [6.07, 6.45) is -2.41. The number of methoxy groups -OCH3 is 1. The number of aliphatic hydroxyl groups excluding tert-OH is 1. The van der Waals surface area contributed by atoms with Crippen molar-refractivity contribution in [3.63, 3.8) is 0 Å². The molecule has 0 heterocycles. The zero-order valence-electron chi connectivity index (χ0n) is 6.90. The normalized spacial score (nSPS) is 19.0. The fourth-order valence-corrected chi connectivity index (χ4v) is 0.910. The molecule has 66 valence electrons. The predicted octanol–water partition coefficient (Wildman–Crippen LogP) is -1.09. The van der Waals surface area contributed by atoms with Crippen molar-refractivity contribution in [2.75, 3.05) is 7.11 Å². The standard InChI is InChI=1S/C7H13O4/c1-4(8)6(5(2)9)7(10)11-3/h4,6-7,10H,1-3H3/q-1. The molecule has 0 aliphatic heterocycles. The molecule has 0 radical (unpaired) electrons. The Bertz CT molecular complexity index is 132. The van der Waals surface area contributed by atoms with E-state index in [0.717, 1.165) is 0 Å². The number of ketones is 1. The zero-order valence-corrected chi connectivity index (χ0v) is 6.90. The first-order valence-electron chi connectivity index (χ1n) is 3.37. The summed E-state index contributed by atoms with van der Waals surface area (Å²) < 4.78 is 4.47. The van der Waals surface area contributed by atoms with Crippen molar-refractivity contribution < 1.29 is 19.7 Å². The van der Waals surface area contributed by atoms with Crippen LogP contribution < -0.4 is 5.11 Å². The highest BCUT2D eigenvalue weighted by atomic mass is 16.6. The molecule has 11 heavy (non-hydrogen) atoms. The topological polar surface area (TPSA) is 69.6 Å². The van der Waals surface area contributed by atoms with E-state index in [9.17, 15) is 9.90 Å². The van der Waals surface area contributed by atoms with Crippen LogP contribution in [0, 0.1) is 5.92 Å². The highest BCUT2D eigenvalue weighted by Crippen LogP contribution is 2.09. The van der Waals surface area contributed by atoms with Crippen molar-refractivity contribution in [3.8, 4) is 0 Å². The van der Waals surface area contributed by atoms with Crippen molar-refractivity contribution in [1.82, 2.24) is 0 Å². The molecule has 0 aromatic heterocycles. The van der Waals surface area contributed by atoms with Crippen molar-refractivity contribution in [1.29, 1.82) is 0 Å². The zero-order chi connectivity index (χ0) is 9.02. The van der Waals surface area contributed by atoms with Crippen LogP contribution in [0.1, 0.15) is 13.8 Å². The molecule has 0 rings (SSSR count). The fraction of sp³-hybridized carbons (Fsp3) is 0.857. The molecule has 3 atom stereocenters. The largest absolute Gasteiger partial charge is 0.851 e. The third-order valence-corrected chi connectivity index (χ3v) is 1.52. The van der Waals surface area contributed by atoms with Gasteiger partial charge >= 0.3 is 0 Å². The lowest BCUT2D eigenvalue weighted by atomic mass is 9.99. The number of hydrogen-bond donors (Lipinski definition) is 1. The predicted molar refractivity (Wildman–Crippen MR) is 36.6 cm³/mol. The minimum Gasteiger partial charge on any atom is -0.851 e. The maximum Gasteiger partial charge on any atom is 0.162 e. The number of carbonyl (C=O) groups excluding carboxylic acids is 1. The van der Waals surface area contributed by atoms with E-state index in [1.54, 1.807) is 0 Å². The molecule has 0 amide bonds. The average molecular weight is 161 g/mol. The second-order valence-corrected chi connectivity index (χ2v) is 2.47. The average Bonchev–Trinajstić information content (AvgIpc) is 1.85. The van der Waals surface area contributed by atoms with Gasteiger partial charge < -0.3 is 14.9 Å². The molecule has 4 nitrogen and oxygen atoms in total. The molecule has 3 unspecified atom stereocenters. The van der Waals surface area contributed by atoms with E-state index < -0.39 is 18.3 Å². The van der Waals surface area contributed by atoms with Gasteiger partial charge in [0, 0.05) is 7.11 Å². The Labute approximate surface area is 65.8 Å². The minimum atomic E-state index is -1.28. The Kier molecular flexibility index (Phi) is 4.25. The van der Waals surface area contributed by atoms with Crippen LogP contribution in [0.5, 0.6) is 0 Å². The van der Waals surface area contributed by atoms with E-state index in [4.69, 9.17) is 5.11 Å². The molecule has 0 bridgehead atoms.